The Balaban J connectivity index is 1.27. The van der Waals surface area contributed by atoms with Gasteiger partial charge in [-0.3, -0.25) is 0 Å². The van der Waals surface area contributed by atoms with E-state index in [4.69, 9.17) is 23.5 Å². The van der Waals surface area contributed by atoms with Gasteiger partial charge in [-0.05, 0) is 63.6 Å². The molecule has 0 saturated heterocycles. The molecule has 2 aromatic heterocycles. The number of benzene rings is 7. The van der Waals surface area contributed by atoms with Gasteiger partial charge >= 0.3 is 0 Å². The number of furan rings is 1. The molecule has 9 rings (SSSR count). The van der Waals surface area contributed by atoms with E-state index in [-0.39, 0.29) is 75.1 Å². The van der Waals surface area contributed by atoms with Crippen molar-refractivity contribution >= 4 is 21.9 Å². The first-order valence-corrected chi connectivity index (χ1v) is 15.9. The van der Waals surface area contributed by atoms with Crippen LogP contribution in [0.2, 0.25) is 0 Å². The van der Waals surface area contributed by atoms with Crippen molar-refractivity contribution < 1.29 is 12.6 Å². The van der Waals surface area contributed by atoms with E-state index in [9.17, 15) is 4.11 Å². The molecule has 230 valence electrons. The number of hydrogen-bond acceptors (Lipinski definition) is 4. The van der Waals surface area contributed by atoms with Crippen molar-refractivity contribution in [1.82, 2.24) is 15.0 Å². The van der Waals surface area contributed by atoms with Crippen LogP contribution >= 0.6 is 0 Å². The van der Waals surface area contributed by atoms with Crippen molar-refractivity contribution in [2.24, 2.45) is 0 Å². The third kappa shape index (κ3) is 5.56. The fraction of sp³-hybridized carbons (Fsp3) is 0. The van der Waals surface area contributed by atoms with Gasteiger partial charge in [0.2, 0.25) is 0 Å². The number of rotatable bonds is 6. The summed E-state index contributed by atoms with van der Waals surface area (Å²) in [5, 5.41) is 0.174. The molecule has 7 aromatic carbocycles. The normalized spacial score (nSPS) is 13.0. The monoisotopic (exact) mass is 633 g/mol. The van der Waals surface area contributed by atoms with Crippen LogP contribution in [0.3, 0.4) is 0 Å². The van der Waals surface area contributed by atoms with E-state index in [1.54, 1.807) is 24.3 Å². The Morgan fingerprint density at radius 1 is 0.347 bits per heavy atom. The predicted octanol–water partition coefficient (Wildman–Crippen LogP) is 11.8. The summed E-state index contributed by atoms with van der Waals surface area (Å²) in [6, 6.07) is 43.0. The van der Waals surface area contributed by atoms with Crippen molar-refractivity contribution in [3.8, 4) is 67.5 Å². The van der Waals surface area contributed by atoms with Crippen molar-refractivity contribution in [2.75, 3.05) is 0 Å². The average molecular weight is 634 g/mol. The molecule has 0 aliphatic rings. The maximum absolute atomic E-state index is 9.41. The molecular weight excluding hydrogens is 599 g/mol. The van der Waals surface area contributed by atoms with Crippen LogP contribution in [0, 0.1) is 0 Å². The minimum Gasteiger partial charge on any atom is -0.456 e. The molecule has 0 aliphatic heterocycles. The Bertz CT molecular complexity index is 2920. The summed E-state index contributed by atoms with van der Waals surface area (Å²) in [4.78, 5) is 14.6. The zero-order chi connectivity index (χ0) is 37.8. The van der Waals surface area contributed by atoms with Crippen molar-refractivity contribution in [3.05, 3.63) is 176 Å². The first-order valence-electron chi connectivity index (χ1n) is 18.9. The number of hydrogen-bond donors (Lipinski definition) is 0. The summed E-state index contributed by atoms with van der Waals surface area (Å²) in [6.45, 7) is 0. The standard InChI is InChI=1S/C45H29N3O/c1-4-11-30(12-5-1)33-19-21-34(22-20-33)43-46-44(37-18-10-17-35(27-37)31-13-6-2-7-14-31)48-45(47-43)38-23-25-39-40-28-36(32-15-8-3-9-16-32)24-26-41(40)49-42(39)29-38/h1-29H/i23D,24D,25D,26D,28D,29D. The van der Waals surface area contributed by atoms with Gasteiger partial charge in [0.25, 0.3) is 0 Å². The van der Waals surface area contributed by atoms with E-state index in [0.717, 1.165) is 22.3 Å². The van der Waals surface area contributed by atoms with Crippen LogP contribution in [0.4, 0.5) is 0 Å². The number of fused-ring (bicyclic) bond motifs is 3. The van der Waals surface area contributed by atoms with E-state index in [0.29, 0.717) is 28.3 Å². The molecule has 2 heterocycles. The van der Waals surface area contributed by atoms with Gasteiger partial charge in [-0.15, -0.1) is 0 Å². The fourth-order valence-corrected chi connectivity index (χ4v) is 5.91. The lowest BCUT2D eigenvalue weighted by molar-refractivity contribution is 0.669. The summed E-state index contributed by atoms with van der Waals surface area (Å²) in [5.41, 5.74) is 5.98. The third-order valence-electron chi connectivity index (χ3n) is 8.41. The Morgan fingerprint density at radius 3 is 1.51 bits per heavy atom. The largest absolute Gasteiger partial charge is 0.456 e. The predicted molar refractivity (Wildman–Crippen MR) is 200 cm³/mol. The van der Waals surface area contributed by atoms with Gasteiger partial charge < -0.3 is 4.42 Å². The maximum atomic E-state index is 9.41. The van der Waals surface area contributed by atoms with E-state index >= 15 is 0 Å². The summed E-state index contributed by atoms with van der Waals surface area (Å²) in [6.07, 6.45) is 0. The summed E-state index contributed by atoms with van der Waals surface area (Å²) in [5.74, 6) is 0.632. The first kappa shape index (κ1) is 22.8. The van der Waals surface area contributed by atoms with Gasteiger partial charge in [-0.1, -0.05) is 146 Å². The van der Waals surface area contributed by atoms with E-state index in [2.05, 4.69) is 0 Å². The molecule has 0 aliphatic carbocycles. The smallest absolute Gasteiger partial charge is 0.164 e. The highest BCUT2D eigenvalue weighted by Gasteiger charge is 2.16. The molecule has 49 heavy (non-hydrogen) atoms. The van der Waals surface area contributed by atoms with Crippen molar-refractivity contribution in [1.29, 1.82) is 0 Å². The highest BCUT2D eigenvalue weighted by molar-refractivity contribution is 6.07. The Hall–Kier alpha value is -6.65. The summed E-state index contributed by atoms with van der Waals surface area (Å²) >= 11 is 0. The van der Waals surface area contributed by atoms with Crippen molar-refractivity contribution in [3.63, 3.8) is 0 Å². The zero-order valence-electron chi connectivity index (χ0n) is 32.0. The van der Waals surface area contributed by atoms with Crippen LogP contribution in [0.1, 0.15) is 8.22 Å². The molecule has 0 N–H and O–H groups in total. The lowest BCUT2D eigenvalue weighted by atomic mass is 10.0. The molecule has 0 bridgehead atoms. The molecule has 0 spiro atoms. The van der Waals surface area contributed by atoms with E-state index < -0.39 is 0 Å². The van der Waals surface area contributed by atoms with Gasteiger partial charge in [-0.25, -0.2) is 15.0 Å². The fourth-order valence-electron chi connectivity index (χ4n) is 5.91. The number of nitrogens with zero attached hydrogens (tertiary/aromatic N) is 3. The van der Waals surface area contributed by atoms with Crippen molar-refractivity contribution in [2.45, 2.75) is 0 Å². The van der Waals surface area contributed by atoms with Gasteiger partial charge in [0.15, 0.2) is 17.5 Å². The highest BCUT2D eigenvalue weighted by Crippen LogP contribution is 2.35. The molecule has 0 unspecified atom stereocenters. The van der Waals surface area contributed by atoms with Crippen LogP contribution in [0.25, 0.3) is 89.5 Å². The molecule has 0 saturated carbocycles. The third-order valence-corrected chi connectivity index (χ3v) is 8.41. The van der Waals surface area contributed by atoms with Crippen LogP contribution in [-0.4, -0.2) is 15.0 Å². The van der Waals surface area contributed by atoms with E-state index in [1.165, 1.54) is 0 Å². The molecule has 0 atom stereocenters. The molecule has 4 nitrogen and oxygen atoms in total. The molecule has 0 radical (unpaired) electrons. The second-order valence-electron chi connectivity index (χ2n) is 11.6. The molecule has 0 amide bonds. The molecule has 4 heteroatoms. The van der Waals surface area contributed by atoms with Gasteiger partial charge in [0.1, 0.15) is 11.2 Å². The molecule has 9 aromatic rings. The van der Waals surface area contributed by atoms with Crippen LogP contribution in [0.15, 0.2) is 180 Å². The Labute approximate surface area is 292 Å². The van der Waals surface area contributed by atoms with Crippen LogP contribution in [-0.2, 0) is 0 Å². The molecular formula is C45H29N3O. The Morgan fingerprint density at radius 2 is 0.837 bits per heavy atom. The summed E-state index contributed by atoms with van der Waals surface area (Å²) < 4.78 is 60.8. The second kappa shape index (κ2) is 12.2. The molecule has 0 fully saturated rings. The van der Waals surface area contributed by atoms with Crippen LogP contribution < -0.4 is 0 Å². The SMILES string of the molecule is [2H]c1c(-c2ccccc2)c([2H])c2c(oc3c([2H])c(-c4nc(-c5ccc(-c6ccccc6)cc5)nc(-c5cccc(-c6ccccc6)c5)n4)c([2H])c([2H])c32)c1[2H]. The van der Waals surface area contributed by atoms with Gasteiger partial charge in [0.05, 0.1) is 8.22 Å². The quantitative estimate of drug-likeness (QED) is 0.183. The minimum absolute atomic E-state index is 0.00598. The summed E-state index contributed by atoms with van der Waals surface area (Å²) in [7, 11) is 0. The Kier molecular flexibility index (Phi) is 5.67. The average Bonchev–Trinajstić information content (AvgIpc) is 3.65. The van der Waals surface area contributed by atoms with Crippen LogP contribution in [0.5, 0.6) is 0 Å². The lowest BCUT2D eigenvalue weighted by Crippen LogP contribution is -2.00. The van der Waals surface area contributed by atoms with Gasteiger partial charge in [0, 0.05) is 27.5 Å². The zero-order valence-corrected chi connectivity index (χ0v) is 26.0. The van der Waals surface area contributed by atoms with Gasteiger partial charge in [-0.2, -0.15) is 0 Å². The lowest BCUT2D eigenvalue weighted by Gasteiger charge is -2.10. The second-order valence-corrected chi connectivity index (χ2v) is 11.6. The first-order chi connectivity index (χ1) is 26.8. The topological polar surface area (TPSA) is 51.8 Å². The minimum atomic E-state index is -0.331. The highest BCUT2D eigenvalue weighted by atomic mass is 16.3. The van der Waals surface area contributed by atoms with E-state index in [1.807, 2.05) is 115 Å². The number of aromatic nitrogens is 3. The maximum Gasteiger partial charge on any atom is 0.164 e.